The van der Waals surface area contributed by atoms with Crippen LogP contribution in [0.3, 0.4) is 0 Å². The molecular weight excluding hydrogens is 463 g/mol. The number of hydrogen-bond acceptors (Lipinski definition) is 4. The Morgan fingerprint density at radius 2 is 1.50 bits per heavy atom. The van der Waals surface area contributed by atoms with E-state index in [2.05, 4.69) is 4.98 Å². The number of rotatable bonds is 6. The maximum absolute atomic E-state index is 13.2. The fourth-order valence-electron chi connectivity index (χ4n) is 2.88. The van der Waals surface area contributed by atoms with Crippen molar-refractivity contribution in [3.05, 3.63) is 92.2 Å². The third kappa shape index (κ3) is 4.76. The van der Waals surface area contributed by atoms with E-state index in [4.69, 9.17) is 39.5 Å². The molecule has 4 rings (SSSR count). The summed E-state index contributed by atoms with van der Waals surface area (Å²) >= 11 is 19.4. The molecule has 0 aliphatic heterocycles. The zero-order valence-electron chi connectivity index (χ0n) is 15.5. The molecule has 0 fully saturated rings. The summed E-state index contributed by atoms with van der Waals surface area (Å²) in [6, 6.07) is 19.3. The van der Waals surface area contributed by atoms with Crippen molar-refractivity contribution in [3.8, 4) is 11.4 Å². The molecule has 3 aromatic carbocycles. The number of nitrogens with zero attached hydrogens (tertiary/aromatic N) is 2. The van der Waals surface area contributed by atoms with Crippen LogP contribution < -0.4 is 10.3 Å². The molecule has 0 aliphatic rings. The molecule has 0 aliphatic carbocycles. The van der Waals surface area contributed by atoms with E-state index in [1.54, 1.807) is 59.2 Å². The van der Waals surface area contributed by atoms with Gasteiger partial charge in [-0.3, -0.25) is 9.36 Å². The molecule has 152 valence electrons. The normalized spacial score (nSPS) is 11.0. The molecule has 8 heteroatoms. The van der Waals surface area contributed by atoms with Crippen LogP contribution in [-0.2, 0) is 0 Å². The van der Waals surface area contributed by atoms with Crippen molar-refractivity contribution < 1.29 is 4.74 Å². The molecule has 0 radical (unpaired) electrons. The Bertz CT molecular complexity index is 1240. The highest BCUT2D eigenvalue weighted by Crippen LogP contribution is 2.24. The maximum Gasteiger partial charge on any atom is 0.266 e. The second-order valence-electron chi connectivity index (χ2n) is 6.32. The molecule has 0 saturated heterocycles. The Kier molecular flexibility index (Phi) is 6.54. The first-order valence-electron chi connectivity index (χ1n) is 9.01. The fraction of sp³-hybridized carbons (Fsp3) is 0.0909. The summed E-state index contributed by atoms with van der Waals surface area (Å²) in [5.74, 6) is 1.32. The lowest BCUT2D eigenvalue weighted by Gasteiger charge is -2.14. The standard InChI is InChI=1S/C22H15Cl3N2O2S/c23-14-1-6-17(7-2-14)27-21(28)19-10-5-16(25)13-20(19)26-22(27)30-12-11-29-18-8-3-15(24)4-9-18/h1-10,13H,11-12H2. The molecular formula is C22H15Cl3N2O2S. The van der Waals surface area contributed by atoms with E-state index >= 15 is 0 Å². The Balaban J connectivity index is 1.64. The molecule has 0 unspecified atom stereocenters. The van der Waals surface area contributed by atoms with Gasteiger partial charge in [-0.25, -0.2) is 4.98 Å². The van der Waals surface area contributed by atoms with Crippen molar-refractivity contribution in [1.29, 1.82) is 0 Å². The summed E-state index contributed by atoms with van der Waals surface area (Å²) in [4.78, 5) is 17.9. The van der Waals surface area contributed by atoms with Gasteiger partial charge in [0.2, 0.25) is 0 Å². The number of aromatic nitrogens is 2. The maximum atomic E-state index is 13.2. The topological polar surface area (TPSA) is 44.1 Å². The molecule has 4 aromatic rings. The van der Waals surface area contributed by atoms with Crippen molar-refractivity contribution in [1.82, 2.24) is 9.55 Å². The van der Waals surface area contributed by atoms with Gasteiger partial charge in [0.1, 0.15) is 5.75 Å². The summed E-state index contributed by atoms with van der Waals surface area (Å²) in [6.07, 6.45) is 0. The van der Waals surface area contributed by atoms with Crippen LogP contribution in [0.5, 0.6) is 5.75 Å². The van der Waals surface area contributed by atoms with Gasteiger partial charge in [0, 0.05) is 20.8 Å². The highest BCUT2D eigenvalue weighted by molar-refractivity contribution is 7.99. The van der Waals surface area contributed by atoms with Gasteiger partial charge < -0.3 is 4.74 Å². The van der Waals surface area contributed by atoms with Crippen LogP contribution in [0.25, 0.3) is 16.6 Å². The predicted molar refractivity (Wildman–Crippen MR) is 125 cm³/mol. The average Bonchev–Trinajstić information content (AvgIpc) is 2.73. The van der Waals surface area contributed by atoms with E-state index in [0.29, 0.717) is 49.2 Å². The van der Waals surface area contributed by atoms with Gasteiger partial charge in [0.25, 0.3) is 5.56 Å². The molecule has 1 aromatic heterocycles. The Morgan fingerprint density at radius 1 is 0.867 bits per heavy atom. The number of ether oxygens (including phenoxy) is 1. The van der Waals surface area contributed by atoms with Crippen molar-refractivity contribution in [2.45, 2.75) is 5.16 Å². The highest BCUT2D eigenvalue weighted by atomic mass is 35.5. The van der Waals surface area contributed by atoms with Gasteiger partial charge in [-0.05, 0) is 66.7 Å². The fourth-order valence-corrected chi connectivity index (χ4v) is 4.12. The number of benzene rings is 3. The van der Waals surface area contributed by atoms with Crippen LogP contribution in [-0.4, -0.2) is 21.9 Å². The van der Waals surface area contributed by atoms with E-state index in [1.807, 2.05) is 12.1 Å². The summed E-state index contributed by atoms with van der Waals surface area (Å²) < 4.78 is 7.33. The lowest BCUT2D eigenvalue weighted by molar-refractivity contribution is 0.344. The van der Waals surface area contributed by atoms with Gasteiger partial charge in [-0.15, -0.1) is 0 Å². The third-order valence-corrected chi connectivity index (χ3v) is 5.92. The highest BCUT2D eigenvalue weighted by Gasteiger charge is 2.14. The Hall–Kier alpha value is -2.18. The Morgan fingerprint density at radius 3 is 2.20 bits per heavy atom. The van der Waals surface area contributed by atoms with Gasteiger partial charge in [-0.1, -0.05) is 46.6 Å². The molecule has 0 saturated carbocycles. The lowest BCUT2D eigenvalue weighted by Crippen LogP contribution is -2.22. The molecule has 0 bridgehead atoms. The first kappa shape index (κ1) is 21.1. The van der Waals surface area contributed by atoms with E-state index in [0.717, 1.165) is 5.75 Å². The second kappa shape index (κ2) is 9.31. The third-order valence-electron chi connectivity index (χ3n) is 4.28. The van der Waals surface area contributed by atoms with Gasteiger partial charge in [-0.2, -0.15) is 0 Å². The summed E-state index contributed by atoms with van der Waals surface area (Å²) in [7, 11) is 0. The second-order valence-corrected chi connectivity index (χ2v) is 8.70. The molecule has 0 atom stereocenters. The first-order chi connectivity index (χ1) is 14.5. The van der Waals surface area contributed by atoms with E-state index in [9.17, 15) is 4.79 Å². The monoisotopic (exact) mass is 476 g/mol. The van der Waals surface area contributed by atoms with Crippen molar-refractivity contribution in [3.63, 3.8) is 0 Å². The summed E-state index contributed by atoms with van der Waals surface area (Å²) in [6.45, 7) is 0.441. The van der Waals surface area contributed by atoms with Gasteiger partial charge in [0.15, 0.2) is 5.16 Å². The van der Waals surface area contributed by atoms with Crippen LogP contribution in [0.1, 0.15) is 0 Å². The van der Waals surface area contributed by atoms with Crippen LogP contribution in [0.4, 0.5) is 0 Å². The number of hydrogen-bond donors (Lipinski definition) is 0. The summed E-state index contributed by atoms with van der Waals surface area (Å²) in [5.41, 5.74) is 1.08. The van der Waals surface area contributed by atoms with Crippen molar-refractivity contribution in [2.75, 3.05) is 12.4 Å². The van der Waals surface area contributed by atoms with Crippen LogP contribution in [0.15, 0.2) is 76.7 Å². The number of fused-ring (bicyclic) bond motifs is 1. The summed E-state index contributed by atoms with van der Waals surface area (Å²) in [5, 5.41) is 2.83. The minimum absolute atomic E-state index is 0.167. The molecule has 0 spiro atoms. The number of thioether (sulfide) groups is 1. The minimum Gasteiger partial charge on any atom is -0.493 e. The van der Waals surface area contributed by atoms with E-state index < -0.39 is 0 Å². The zero-order valence-corrected chi connectivity index (χ0v) is 18.6. The SMILES string of the molecule is O=c1c2ccc(Cl)cc2nc(SCCOc2ccc(Cl)cc2)n1-c1ccc(Cl)cc1. The quantitative estimate of drug-likeness (QED) is 0.180. The van der Waals surface area contributed by atoms with Crippen LogP contribution in [0, 0.1) is 0 Å². The molecule has 30 heavy (non-hydrogen) atoms. The van der Waals surface area contributed by atoms with Gasteiger partial charge in [0.05, 0.1) is 23.2 Å². The Labute approximate surface area is 192 Å². The largest absolute Gasteiger partial charge is 0.493 e. The van der Waals surface area contributed by atoms with Gasteiger partial charge >= 0.3 is 0 Å². The van der Waals surface area contributed by atoms with Crippen molar-refractivity contribution >= 4 is 57.5 Å². The molecule has 1 heterocycles. The minimum atomic E-state index is -0.167. The van der Waals surface area contributed by atoms with E-state index in [1.165, 1.54) is 11.8 Å². The smallest absolute Gasteiger partial charge is 0.266 e. The molecule has 4 nitrogen and oxygen atoms in total. The van der Waals surface area contributed by atoms with Crippen molar-refractivity contribution in [2.24, 2.45) is 0 Å². The lowest BCUT2D eigenvalue weighted by atomic mass is 10.2. The van der Waals surface area contributed by atoms with Crippen LogP contribution in [0.2, 0.25) is 15.1 Å². The zero-order chi connectivity index (χ0) is 21.1. The molecule has 0 amide bonds. The predicted octanol–water partition coefficient (Wildman–Crippen LogP) is 6.52. The first-order valence-corrected chi connectivity index (χ1v) is 11.1. The number of halogens is 3. The molecule has 0 N–H and O–H groups in total. The van der Waals surface area contributed by atoms with E-state index in [-0.39, 0.29) is 5.56 Å². The van der Waals surface area contributed by atoms with Crippen LogP contribution >= 0.6 is 46.6 Å². The average molecular weight is 478 g/mol.